The summed E-state index contributed by atoms with van der Waals surface area (Å²) in [7, 11) is 0. The molecule has 5 rings (SSSR count). The molecule has 1 aliphatic carbocycles. The summed E-state index contributed by atoms with van der Waals surface area (Å²) in [6.45, 7) is 3.50. The lowest BCUT2D eigenvalue weighted by molar-refractivity contribution is -0.135. The van der Waals surface area contributed by atoms with E-state index in [0.717, 1.165) is 36.1 Å². The van der Waals surface area contributed by atoms with Crippen LogP contribution in [0.1, 0.15) is 45.2 Å². The molecule has 2 aliphatic rings. The van der Waals surface area contributed by atoms with Gasteiger partial charge in [0.05, 0.1) is 6.04 Å². The lowest BCUT2D eigenvalue weighted by Crippen LogP contribution is -2.48. The van der Waals surface area contributed by atoms with Gasteiger partial charge >= 0.3 is 0 Å². The average molecular weight is 544 g/mol. The number of benzene rings is 2. The number of aryl methyl sites for hydroxylation is 1. The smallest absolute Gasteiger partial charge is 0.254 e. The lowest BCUT2D eigenvalue weighted by Gasteiger charge is -2.37. The van der Waals surface area contributed by atoms with Crippen molar-refractivity contribution in [1.29, 1.82) is 0 Å². The summed E-state index contributed by atoms with van der Waals surface area (Å²) in [5.41, 5.74) is 2.57. The number of fused-ring (bicyclic) bond motifs is 1. The Hall–Kier alpha value is -2.54. The van der Waals surface area contributed by atoms with Gasteiger partial charge < -0.3 is 14.5 Å². The van der Waals surface area contributed by atoms with E-state index in [1.165, 1.54) is 4.88 Å². The highest BCUT2D eigenvalue weighted by molar-refractivity contribution is 7.10. The zero-order valence-electron chi connectivity index (χ0n) is 20.1. The number of ether oxygens (including phenoxy) is 1. The zero-order chi connectivity index (χ0) is 25.2. The van der Waals surface area contributed by atoms with E-state index in [0.29, 0.717) is 41.2 Å². The molecule has 1 atom stereocenters. The molecule has 2 aromatic carbocycles. The van der Waals surface area contributed by atoms with Gasteiger partial charge in [-0.15, -0.1) is 11.3 Å². The normalized spacial score (nSPS) is 17.0. The van der Waals surface area contributed by atoms with E-state index in [1.54, 1.807) is 40.5 Å². The maximum absolute atomic E-state index is 13.7. The molecule has 1 fully saturated rings. The van der Waals surface area contributed by atoms with E-state index >= 15 is 0 Å². The molecule has 1 saturated carbocycles. The maximum atomic E-state index is 13.7. The number of nitrogens with zero attached hydrogens (tertiary/aromatic N) is 2. The average Bonchev–Trinajstić information content (AvgIpc) is 3.55. The van der Waals surface area contributed by atoms with E-state index in [9.17, 15) is 9.59 Å². The largest absolute Gasteiger partial charge is 0.491 e. The Balaban J connectivity index is 1.34. The third kappa shape index (κ3) is 5.72. The van der Waals surface area contributed by atoms with Crippen LogP contribution in [0.5, 0.6) is 5.75 Å². The molecular weight excluding hydrogens is 515 g/mol. The van der Waals surface area contributed by atoms with Gasteiger partial charge in [-0.2, -0.15) is 0 Å². The van der Waals surface area contributed by atoms with Crippen molar-refractivity contribution in [3.05, 3.63) is 85.5 Å². The third-order valence-corrected chi connectivity index (χ3v) is 8.47. The topological polar surface area (TPSA) is 49.9 Å². The molecule has 1 aliphatic heterocycles. The molecule has 0 N–H and O–H groups in total. The Labute approximate surface area is 225 Å². The first kappa shape index (κ1) is 25.1. The summed E-state index contributed by atoms with van der Waals surface area (Å²) < 4.78 is 6.15. The number of rotatable bonds is 8. The molecule has 2 amide bonds. The summed E-state index contributed by atoms with van der Waals surface area (Å²) in [5, 5.41) is 3.27. The number of carbonyl (C=O) groups excluding carboxylic acids is 2. The Morgan fingerprint density at radius 1 is 1.14 bits per heavy atom. The summed E-state index contributed by atoms with van der Waals surface area (Å²) in [6.07, 6.45) is 2.99. The molecule has 188 valence electrons. The van der Waals surface area contributed by atoms with Crippen molar-refractivity contribution >= 4 is 46.4 Å². The van der Waals surface area contributed by atoms with Crippen LogP contribution in [0.3, 0.4) is 0 Å². The van der Waals surface area contributed by atoms with Crippen LogP contribution in [-0.2, 0) is 11.2 Å². The number of hydrogen-bond donors (Lipinski definition) is 0. The van der Waals surface area contributed by atoms with Gasteiger partial charge in [-0.1, -0.05) is 29.3 Å². The molecule has 0 saturated heterocycles. The second kappa shape index (κ2) is 10.8. The van der Waals surface area contributed by atoms with E-state index in [1.807, 2.05) is 30.0 Å². The molecule has 5 nitrogen and oxygen atoms in total. The standard InChI is InChI=1S/C28H28Cl2N2O3S/c1-18-13-22(7-8-24(18)30)35-17-25-23-10-12-36-26(23)9-11-32(25)27(33)16-31(15-19-5-6-19)28(34)20-3-2-4-21(29)14-20/h2-4,7-8,10,12-14,19,25H,5-6,9,11,15-17H2,1H3/t25-/m0/s1. The summed E-state index contributed by atoms with van der Waals surface area (Å²) in [5.74, 6) is 0.954. The number of hydrogen-bond acceptors (Lipinski definition) is 4. The highest BCUT2D eigenvalue weighted by Crippen LogP contribution is 2.35. The second-order valence-corrected chi connectivity index (χ2v) is 11.4. The molecule has 0 spiro atoms. The third-order valence-electron chi connectivity index (χ3n) is 6.81. The van der Waals surface area contributed by atoms with Crippen LogP contribution >= 0.6 is 34.5 Å². The van der Waals surface area contributed by atoms with Crippen molar-refractivity contribution in [2.45, 2.75) is 32.2 Å². The molecule has 1 aromatic heterocycles. The van der Waals surface area contributed by atoms with Crippen molar-refractivity contribution in [1.82, 2.24) is 9.80 Å². The summed E-state index contributed by atoms with van der Waals surface area (Å²) >= 11 is 14.0. The van der Waals surface area contributed by atoms with Gasteiger partial charge in [-0.3, -0.25) is 9.59 Å². The Bertz CT molecular complexity index is 1270. The van der Waals surface area contributed by atoms with Crippen LogP contribution in [0.2, 0.25) is 10.0 Å². The highest BCUT2D eigenvalue weighted by Gasteiger charge is 2.35. The minimum absolute atomic E-state index is 0.0396. The van der Waals surface area contributed by atoms with E-state index in [2.05, 4.69) is 11.4 Å². The van der Waals surface area contributed by atoms with E-state index in [4.69, 9.17) is 27.9 Å². The first-order chi connectivity index (χ1) is 17.4. The monoisotopic (exact) mass is 542 g/mol. The fraction of sp³-hybridized carbons (Fsp3) is 0.357. The maximum Gasteiger partial charge on any atom is 0.254 e. The molecule has 0 unspecified atom stereocenters. The minimum Gasteiger partial charge on any atom is -0.491 e. The van der Waals surface area contributed by atoms with Gasteiger partial charge in [0, 0.05) is 33.6 Å². The number of thiophene rings is 1. The zero-order valence-corrected chi connectivity index (χ0v) is 22.4. The first-order valence-corrected chi connectivity index (χ1v) is 13.8. The van der Waals surface area contributed by atoms with Crippen LogP contribution in [-0.4, -0.2) is 47.9 Å². The Morgan fingerprint density at radius 2 is 1.97 bits per heavy atom. The van der Waals surface area contributed by atoms with Crippen LogP contribution in [0.25, 0.3) is 0 Å². The molecule has 2 heterocycles. The van der Waals surface area contributed by atoms with Crippen LogP contribution in [0.4, 0.5) is 0 Å². The van der Waals surface area contributed by atoms with Crippen LogP contribution in [0, 0.1) is 12.8 Å². The van der Waals surface area contributed by atoms with Crippen LogP contribution < -0.4 is 4.74 Å². The van der Waals surface area contributed by atoms with E-state index < -0.39 is 0 Å². The van der Waals surface area contributed by atoms with Gasteiger partial charge in [0.1, 0.15) is 18.9 Å². The van der Waals surface area contributed by atoms with Gasteiger partial charge in [0.25, 0.3) is 5.91 Å². The van der Waals surface area contributed by atoms with Crippen molar-refractivity contribution in [2.75, 3.05) is 26.2 Å². The molecule has 36 heavy (non-hydrogen) atoms. The second-order valence-electron chi connectivity index (χ2n) is 9.51. The SMILES string of the molecule is Cc1cc(OC[C@H]2c3ccsc3CCN2C(=O)CN(CC2CC2)C(=O)c2cccc(Cl)c2)ccc1Cl. The number of carbonyl (C=O) groups is 2. The number of halogens is 2. The van der Waals surface area contributed by atoms with Gasteiger partial charge in [-0.25, -0.2) is 0 Å². The fourth-order valence-electron chi connectivity index (χ4n) is 4.65. The molecule has 3 aromatic rings. The molecular formula is C28H28Cl2N2O3S. The van der Waals surface area contributed by atoms with Crippen molar-refractivity contribution in [3.8, 4) is 5.75 Å². The molecule has 8 heteroatoms. The minimum atomic E-state index is -0.215. The Morgan fingerprint density at radius 3 is 2.72 bits per heavy atom. The van der Waals surface area contributed by atoms with E-state index in [-0.39, 0.29) is 24.4 Å². The van der Waals surface area contributed by atoms with Gasteiger partial charge in [0.15, 0.2) is 0 Å². The predicted octanol–water partition coefficient (Wildman–Crippen LogP) is 6.42. The van der Waals surface area contributed by atoms with Crippen molar-refractivity contribution in [3.63, 3.8) is 0 Å². The molecule has 0 radical (unpaired) electrons. The quantitative estimate of drug-likeness (QED) is 0.330. The lowest BCUT2D eigenvalue weighted by atomic mass is 10.00. The van der Waals surface area contributed by atoms with Crippen molar-refractivity contribution < 1.29 is 14.3 Å². The Kier molecular flexibility index (Phi) is 7.56. The fourth-order valence-corrected chi connectivity index (χ4v) is 5.88. The van der Waals surface area contributed by atoms with Crippen LogP contribution in [0.15, 0.2) is 53.9 Å². The van der Waals surface area contributed by atoms with Gasteiger partial charge in [0.2, 0.25) is 5.91 Å². The number of amides is 2. The summed E-state index contributed by atoms with van der Waals surface area (Å²) in [6, 6.07) is 14.4. The first-order valence-electron chi connectivity index (χ1n) is 12.2. The predicted molar refractivity (Wildman–Crippen MR) is 144 cm³/mol. The highest BCUT2D eigenvalue weighted by atomic mass is 35.5. The summed E-state index contributed by atoms with van der Waals surface area (Å²) in [4.78, 5) is 31.9. The molecule has 0 bridgehead atoms. The van der Waals surface area contributed by atoms with Gasteiger partial charge in [-0.05, 0) is 91.1 Å². The van der Waals surface area contributed by atoms with Crippen molar-refractivity contribution in [2.24, 2.45) is 5.92 Å².